The first-order valence-corrected chi connectivity index (χ1v) is 5.35. The van der Waals surface area contributed by atoms with Gasteiger partial charge in [0.2, 0.25) is 5.82 Å². The molecule has 19 heavy (non-hydrogen) atoms. The Bertz CT molecular complexity index is 440. The maximum absolute atomic E-state index is 13.3. The lowest BCUT2D eigenvalue weighted by atomic mass is 10.00. The van der Waals surface area contributed by atoms with Crippen molar-refractivity contribution in [3.63, 3.8) is 0 Å². The Morgan fingerprint density at radius 3 is 1.74 bits per heavy atom. The predicted octanol–water partition coefficient (Wildman–Crippen LogP) is 1.39. The molecule has 2 atom stereocenters. The number of hydrogen-bond donors (Lipinski definition) is 3. The standard InChI is InChI=1S/C11H12F5NO2/c1-17-3-2-4(18)11(19)5-6(12)8(14)10(16)9(15)7(5)13/h4,11,17-19H,2-3H2,1H3. The van der Waals surface area contributed by atoms with Crippen molar-refractivity contribution in [3.8, 4) is 0 Å². The third-order valence-electron chi connectivity index (χ3n) is 2.59. The summed E-state index contributed by atoms with van der Waals surface area (Å²) in [5.74, 6) is -10.9. The van der Waals surface area contributed by atoms with Crippen LogP contribution in [0.5, 0.6) is 0 Å². The molecule has 0 saturated heterocycles. The summed E-state index contributed by atoms with van der Waals surface area (Å²) in [7, 11) is 1.53. The smallest absolute Gasteiger partial charge is 0.200 e. The second-order valence-electron chi connectivity index (χ2n) is 3.89. The molecule has 0 spiro atoms. The van der Waals surface area contributed by atoms with Crippen molar-refractivity contribution in [2.24, 2.45) is 0 Å². The Morgan fingerprint density at radius 1 is 0.895 bits per heavy atom. The first-order chi connectivity index (χ1) is 8.82. The molecule has 0 radical (unpaired) electrons. The third kappa shape index (κ3) is 3.02. The van der Waals surface area contributed by atoms with Crippen LogP contribution >= 0.6 is 0 Å². The highest BCUT2D eigenvalue weighted by Crippen LogP contribution is 2.29. The highest BCUT2D eigenvalue weighted by molar-refractivity contribution is 5.26. The SMILES string of the molecule is CNCCC(O)C(O)c1c(F)c(F)c(F)c(F)c1F. The van der Waals surface area contributed by atoms with Crippen LogP contribution in [0.4, 0.5) is 22.0 Å². The molecule has 0 aliphatic heterocycles. The lowest BCUT2D eigenvalue weighted by Gasteiger charge is -2.19. The van der Waals surface area contributed by atoms with Gasteiger partial charge in [-0.15, -0.1) is 0 Å². The fourth-order valence-corrected chi connectivity index (χ4v) is 1.52. The van der Waals surface area contributed by atoms with Crippen LogP contribution in [0.2, 0.25) is 0 Å². The van der Waals surface area contributed by atoms with Crippen LogP contribution < -0.4 is 5.32 Å². The van der Waals surface area contributed by atoms with E-state index in [0.717, 1.165) is 0 Å². The first-order valence-electron chi connectivity index (χ1n) is 5.35. The zero-order chi connectivity index (χ0) is 14.7. The topological polar surface area (TPSA) is 52.5 Å². The maximum Gasteiger partial charge on any atom is 0.200 e. The number of hydrogen-bond acceptors (Lipinski definition) is 3. The summed E-state index contributed by atoms with van der Waals surface area (Å²) in [5, 5.41) is 21.5. The third-order valence-corrected chi connectivity index (χ3v) is 2.59. The Morgan fingerprint density at radius 2 is 1.32 bits per heavy atom. The lowest BCUT2D eigenvalue weighted by molar-refractivity contribution is 0.00874. The quantitative estimate of drug-likeness (QED) is 0.435. The molecule has 0 saturated carbocycles. The minimum absolute atomic E-state index is 0.128. The van der Waals surface area contributed by atoms with E-state index in [1.807, 2.05) is 0 Å². The van der Waals surface area contributed by atoms with E-state index in [0.29, 0.717) is 0 Å². The number of nitrogens with one attached hydrogen (secondary N) is 1. The van der Waals surface area contributed by atoms with Gasteiger partial charge in [0.05, 0.1) is 11.7 Å². The zero-order valence-corrected chi connectivity index (χ0v) is 9.85. The summed E-state index contributed by atoms with van der Waals surface area (Å²) in [4.78, 5) is 0. The fourth-order valence-electron chi connectivity index (χ4n) is 1.52. The summed E-state index contributed by atoms with van der Waals surface area (Å²) >= 11 is 0. The molecule has 1 rings (SSSR count). The molecular formula is C11H12F5NO2. The molecular weight excluding hydrogens is 273 g/mol. The van der Waals surface area contributed by atoms with Crippen LogP contribution in [0.1, 0.15) is 18.1 Å². The van der Waals surface area contributed by atoms with Crippen LogP contribution in [0, 0.1) is 29.1 Å². The Kier molecular flexibility index (Phi) is 5.21. The summed E-state index contributed by atoms with van der Waals surface area (Å²) in [6.07, 6.45) is -4.00. The molecule has 0 heterocycles. The monoisotopic (exact) mass is 285 g/mol. The molecule has 2 unspecified atom stereocenters. The van der Waals surface area contributed by atoms with Crippen molar-refractivity contribution < 1.29 is 32.2 Å². The maximum atomic E-state index is 13.3. The Hall–Kier alpha value is -1.25. The molecule has 8 heteroatoms. The molecule has 0 aromatic heterocycles. The predicted molar refractivity (Wildman–Crippen MR) is 55.7 cm³/mol. The molecule has 108 valence electrons. The molecule has 0 fully saturated rings. The van der Waals surface area contributed by atoms with Gasteiger partial charge in [-0.3, -0.25) is 0 Å². The van der Waals surface area contributed by atoms with Crippen LogP contribution in [0.15, 0.2) is 0 Å². The summed E-state index contributed by atoms with van der Waals surface area (Å²) in [6, 6.07) is 0. The van der Waals surface area contributed by atoms with Crippen molar-refractivity contribution in [2.45, 2.75) is 18.6 Å². The van der Waals surface area contributed by atoms with Crippen molar-refractivity contribution in [3.05, 3.63) is 34.6 Å². The fraction of sp³-hybridized carbons (Fsp3) is 0.455. The molecule has 1 aromatic rings. The zero-order valence-electron chi connectivity index (χ0n) is 9.85. The lowest BCUT2D eigenvalue weighted by Crippen LogP contribution is -2.26. The van der Waals surface area contributed by atoms with E-state index in [-0.39, 0.29) is 13.0 Å². The van der Waals surface area contributed by atoms with Crippen LogP contribution in [-0.4, -0.2) is 29.9 Å². The van der Waals surface area contributed by atoms with E-state index in [4.69, 9.17) is 0 Å². The van der Waals surface area contributed by atoms with E-state index in [9.17, 15) is 32.2 Å². The van der Waals surface area contributed by atoms with E-state index in [1.54, 1.807) is 0 Å². The van der Waals surface area contributed by atoms with E-state index >= 15 is 0 Å². The van der Waals surface area contributed by atoms with Gasteiger partial charge in [0.1, 0.15) is 6.10 Å². The second kappa shape index (κ2) is 6.27. The number of aliphatic hydroxyl groups is 2. The van der Waals surface area contributed by atoms with Gasteiger partial charge in [-0.05, 0) is 20.0 Å². The van der Waals surface area contributed by atoms with Gasteiger partial charge in [0.25, 0.3) is 0 Å². The average Bonchev–Trinajstić information content (AvgIpc) is 2.40. The number of rotatable bonds is 5. The van der Waals surface area contributed by atoms with Gasteiger partial charge in [0.15, 0.2) is 23.3 Å². The van der Waals surface area contributed by atoms with Crippen LogP contribution in [0.25, 0.3) is 0 Å². The second-order valence-corrected chi connectivity index (χ2v) is 3.89. The van der Waals surface area contributed by atoms with Gasteiger partial charge in [-0.25, -0.2) is 22.0 Å². The van der Waals surface area contributed by atoms with Gasteiger partial charge < -0.3 is 15.5 Å². The minimum atomic E-state index is -2.31. The molecule has 0 bridgehead atoms. The normalized spacial score (nSPS) is 14.5. The molecule has 1 aromatic carbocycles. The van der Waals surface area contributed by atoms with Gasteiger partial charge in [-0.2, -0.15) is 0 Å². The molecule has 0 aliphatic rings. The highest BCUT2D eigenvalue weighted by Gasteiger charge is 2.32. The first kappa shape index (κ1) is 15.8. The summed E-state index contributed by atoms with van der Waals surface area (Å²) in [6.45, 7) is 0.188. The summed E-state index contributed by atoms with van der Waals surface area (Å²) < 4.78 is 65.3. The van der Waals surface area contributed by atoms with Gasteiger partial charge >= 0.3 is 0 Å². The summed E-state index contributed by atoms with van der Waals surface area (Å²) in [5.41, 5.74) is -1.43. The van der Waals surface area contributed by atoms with Crippen LogP contribution in [-0.2, 0) is 0 Å². The number of halogens is 5. The van der Waals surface area contributed by atoms with Crippen molar-refractivity contribution in [2.75, 3.05) is 13.6 Å². The van der Waals surface area contributed by atoms with Crippen molar-refractivity contribution in [1.82, 2.24) is 5.32 Å². The van der Waals surface area contributed by atoms with Gasteiger partial charge in [0, 0.05) is 0 Å². The highest BCUT2D eigenvalue weighted by atomic mass is 19.2. The molecule has 0 amide bonds. The van der Waals surface area contributed by atoms with Crippen LogP contribution in [0.3, 0.4) is 0 Å². The molecule has 3 N–H and O–H groups in total. The van der Waals surface area contributed by atoms with E-state index in [1.165, 1.54) is 7.05 Å². The van der Waals surface area contributed by atoms with Gasteiger partial charge in [-0.1, -0.05) is 0 Å². The van der Waals surface area contributed by atoms with Crippen molar-refractivity contribution in [1.29, 1.82) is 0 Å². The Labute approximate surface area is 105 Å². The van der Waals surface area contributed by atoms with E-state index in [2.05, 4.69) is 5.32 Å². The minimum Gasteiger partial charge on any atom is -0.390 e. The Balaban J connectivity index is 3.20. The molecule has 0 aliphatic carbocycles. The van der Waals surface area contributed by atoms with Crippen molar-refractivity contribution >= 4 is 0 Å². The number of benzene rings is 1. The van der Waals surface area contributed by atoms with E-state index < -0.39 is 46.9 Å². The number of aliphatic hydroxyl groups excluding tert-OH is 2. The average molecular weight is 285 g/mol. The largest absolute Gasteiger partial charge is 0.390 e. The molecule has 3 nitrogen and oxygen atoms in total.